The standard InChI is InChI=1S/C16H24N4/c1-13-10-15(19-16-17-8-5-9-18-16)12-20(13)11-14-6-3-2-4-7-14/h2-4,6-7,13,15H,5,8-12H2,1H3,(H2,17,18,19). The lowest BCUT2D eigenvalue weighted by atomic mass is 10.2. The van der Waals surface area contributed by atoms with E-state index in [0.29, 0.717) is 12.1 Å². The summed E-state index contributed by atoms with van der Waals surface area (Å²) in [7, 11) is 0. The number of hydrogen-bond acceptors (Lipinski definition) is 4. The number of hydrogen-bond donors (Lipinski definition) is 2. The molecule has 0 amide bonds. The topological polar surface area (TPSA) is 39.7 Å². The third-order valence-electron chi connectivity index (χ3n) is 4.17. The zero-order valence-corrected chi connectivity index (χ0v) is 12.2. The summed E-state index contributed by atoms with van der Waals surface area (Å²) in [5.74, 6) is 0.995. The maximum absolute atomic E-state index is 4.50. The number of benzene rings is 1. The lowest BCUT2D eigenvalue weighted by molar-refractivity contribution is 0.258. The first-order valence-corrected chi connectivity index (χ1v) is 7.64. The number of guanidine groups is 1. The first-order chi connectivity index (χ1) is 9.81. The Kier molecular flexibility index (Phi) is 4.21. The van der Waals surface area contributed by atoms with Gasteiger partial charge in [0.15, 0.2) is 5.96 Å². The summed E-state index contributed by atoms with van der Waals surface area (Å²) in [5.41, 5.74) is 1.40. The highest BCUT2D eigenvalue weighted by atomic mass is 15.3. The van der Waals surface area contributed by atoms with E-state index in [0.717, 1.165) is 38.6 Å². The maximum atomic E-state index is 4.50. The van der Waals surface area contributed by atoms with Gasteiger partial charge >= 0.3 is 0 Å². The predicted molar refractivity (Wildman–Crippen MR) is 82.8 cm³/mol. The van der Waals surface area contributed by atoms with Crippen molar-refractivity contribution < 1.29 is 0 Å². The summed E-state index contributed by atoms with van der Waals surface area (Å²) in [6.45, 7) is 6.45. The van der Waals surface area contributed by atoms with Crippen molar-refractivity contribution in [3.05, 3.63) is 35.9 Å². The molecule has 1 aromatic carbocycles. The molecule has 4 nitrogen and oxygen atoms in total. The van der Waals surface area contributed by atoms with Crippen LogP contribution in [0, 0.1) is 0 Å². The predicted octanol–water partition coefficient (Wildman–Crippen LogP) is 1.59. The molecule has 0 spiro atoms. The van der Waals surface area contributed by atoms with Crippen LogP contribution in [-0.2, 0) is 6.54 Å². The Morgan fingerprint density at radius 1 is 1.35 bits per heavy atom. The molecule has 0 radical (unpaired) electrons. The zero-order chi connectivity index (χ0) is 13.8. The maximum Gasteiger partial charge on any atom is 0.191 e. The monoisotopic (exact) mass is 272 g/mol. The van der Waals surface area contributed by atoms with Gasteiger partial charge in [0.2, 0.25) is 0 Å². The molecular formula is C16H24N4. The van der Waals surface area contributed by atoms with Crippen LogP contribution in [0.1, 0.15) is 25.3 Å². The molecule has 20 heavy (non-hydrogen) atoms. The van der Waals surface area contributed by atoms with Gasteiger partial charge in [-0.3, -0.25) is 9.89 Å². The molecule has 2 atom stereocenters. The second kappa shape index (κ2) is 6.27. The molecule has 2 heterocycles. The minimum Gasteiger partial charge on any atom is -0.356 e. The van der Waals surface area contributed by atoms with Gasteiger partial charge in [0.05, 0.1) is 0 Å². The highest BCUT2D eigenvalue weighted by Gasteiger charge is 2.29. The SMILES string of the molecule is CC1CC(NC2=NCCCN2)CN1Cc1ccccc1. The molecule has 2 aliphatic rings. The summed E-state index contributed by atoms with van der Waals surface area (Å²) >= 11 is 0. The second-order valence-electron chi connectivity index (χ2n) is 5.85. The molecule has 2 unspecified atom stereocenters. The van der Waals surface area contributed by atoms with E-state index >= 15 is 0 Å². The fourth-order valence-corrected chi connectivity index (χ4v) is 3.06. The van der Waals surface area contributed by atoms with Gasteiger partial charge in [-0.15, -0.1) is 0 Å². The van der Waals surface area contributed by atoms with E-state index in [1.54, 1.807) is 0 Å². The molecule has 0 saturated carbocycles. The Balaban J connectivity index is 1.55. The third kappa shape index (κ3) is 3.31. The van der Waals surface area contributed by atoms with Crippen LogP contribution in [-0.4, -0.2) is 42.6 Å². The van der Waals surface area contributed by atoms with Crippen LogP contribution in [0.3, 0.4) is 0 Å². The zero-order valence-electron chi connectivity index (χ0n) is 12.2. The molecule has 1 saturated heterocycles. The first-order valence-electron chi connectivity index (χ1n) is 7.64. The molecule has 1 fully saturated rings. The summed E-state index contributed by atoms with van der Waals surface area (Å²) in [4.78, 5) is 7.05. The lowest BCUT2D eigenvalue weighted by Crippen LogP contribution is -2.46. The Bertz CT molecular complexity index is 457. The van der Waals surface area contributed by atoms with Crippen molar-refractivity contribution in [1.82, 2.24) is 15.5 Å². The molecule has 2 N–H and O–H groups in total. The van der Waals surface area contributed by atoms with Crippen molar-refractivity contribution >= 4 is 5.96 Å². The number of nitrogens with zero attached hydrogens (tertiary/aromatic N) is 2. The van der Waals surface area contributed by atoms with Crippen molar-refractivity contribution in [2.24, 2.45) is 4.99 Å². The summed E-state index contributed by atoms with van der Waals surface area (Å²) < 4.78 is 0. The van der Waals surface area contributed by atoms with Crippen LogP contribution < -0.4 is 10.6 Å². The minimum atomic E-state index is 0.512. The summed E-state index contributed by atoms with van der Waals surface area (Å²) in [5, 5.41) is 6.91. The fourth-order valence-electron chi connectivity index (χ4n) is 3.06. The van der Waals surface area contributed by atoms with Crippen molar-refractivity contribution in [3.8, 4) is 0 Å². The largest absolute Gasteiger partial charge is 0.356 e. The van der Waals surface area contributed by atoms with Crippen LogP contribution >= 0.6 is 0 Å². The summed E-state index contributed by atoms with van der Waals surface area (Å²) in [6, 6.07) is 11.9. The molecule has 0 aliphatic carbocycles. The molecule has 1 aromatic rings. The van der Waals surface area contributed by atoms with Crippen LogP contribution in [0.4, 0.5) is 0 Å². The Morgan fingerprint density at radius 2 is 2.20 bits per heavy atom. The number of nitrogens with one attached hydrogen (secondary N) is 2. The van der Waals surface area contributed by atoms with E-state index in [1.807, 2.05) is 0 Å². The van der Waals surface area contributed by atoms with Gasteiger partial charge in [0, 0.05) is 38.3 Å². The van der Waals surface area contributed by atoms with Gasteiger partial charge in [0.25, 0.3) is 0 Å². The Morgan fingerprint density at radius 3 is 2.95 bits per heavy atom. The van der Waals surface area contributed by atoms with Gasteiger partial charge in [-0.05, 0) is 25.3 Å². The third-order valence-corrected chi connectivity index (χ3v) is 4.17. The number of rotatable bonds is 3. The van der Waals surface area contributed by atoms with Crippen molar-refractivity contribution in [2.45, 2.75) is 38.4 Å². The second-order valence-corrected chi connectivity index (χ2v) is 5.85. The molecule has 108 valence electrons. The molecule has 3 rings (SSSR count). The molecule has 2 aliphatic heterocycles. The van der Waals surface area contributed by atoms with Crippen LogP contribution in [0.25, 0.3) is 0 Å². The average Bonchev–Trinajstić information content (AvgIpc) is 2.81. The van der Waals surface area contributed by atoms with Gasteiger partial charge in [-0.25, -0.2) is 0 Å². The van der Waals surface area contributed by atoms with Crippen molar-refractivity contribution in [3.63, 3.8) is 0 Å². The first kappa shape index (κ1) is 13.4. The van der Waals surface area contributed by atoms with Gasteiger partial charge < -0.3 is 10.6 Å². The van der Waals surface area contributed by atoms with Crippen LogP contribution in [0.15, 0.2) is 35.3 Å². The van der Waals surface area contributed by atoms with E-state index in [4.69, 9.17) is 0 Å². The van der Waals surface area contributed by atoms with Gasteiger partial charge in [-0.1, -0.05) is 30.3 Å². The average molecular weight is 272 g/mol. The molecular weight excluding hydrogens is 248 g/mol. The Hall–Kier alpha value is -1.55. The Labute approximate surface area is 121 Å². The number of aliphatic imine (C=N–C) groups is 1. The molecule has 4 heteroatoms. The number of likely N-dealkylation sites (tertiary alicyclic amines) is 1. The quantitative estimate of drug-likeness (QED) is 0.878. The van der Waals surface area contributed by atoms with E-state index in [-0.39, 0.29) is 0 Å². The van der Waals surface area contributed by atoms with Gasteiger partial charge in [-0.2, -0.15) is 0 Å². The lowest BCUT2D eigenvalue weighted by Gasteiger charge is -2.22. The van der Waals surface area contributed by atoms with Crippen molar-refractivity contribution in [2.75, 3.05) is 19.6 Å². The highest BCUT2D eigenvalue weighted by molar-refractivity contribution is 5.80. The van der Waals surface area contributed by atoms with E-state index in [2.05, 4.69) is 57.8 Å². The summed E-state index contributed by atoms with van der Waals surface area (Å²) in [6.07, 6.45) is 2.33. The molecule has 0 bridgehead atoms. The highest BCUT2D eigenvalue weighted by Crippen LogP contribution is 2.20. The van der Waals surface area contributed by atoms with Crippen LogP contribution in [0.5, 0.6) is 0 Å². The van der Waals surface area contributed by atoms with Gasteiger partial charge in [0.1, 0.15) is 0 Å². The fraction of sp³-hybridized carbons (Fsp3) is 0.562. The molecule has 0 aromatic heterocycles. The van der Waals surface area contributed by atoms with E-state index < -0.39 is 0 Å². The van der Waals surface area contributed by atoms with E-state index in [1.165, 1.54) is 12.0 Å². The minimum absolute atomic E-state index is 0.512. The van der Waals surface area contributed by atoms with Crippen molar-refractivity contribution in [1.29, 1.82) is 0 Å². The smallest absolute Gasteiger partial charge is 0.191 e. The normalized spacial score (nSPS) is 26.9. The van der Waals surface area contributed by atoms with E-state index in [9.17, 15) is 0 Å². The van der Waals surface area contributed by atoms with Crippen LogP contribution in [0.2, 0.25) is 0 Å².